The molecule has 3 aromatic rings. The highest BCUT2D eigenvalue weighted by Crippen LogP contribution is 2.20. The number of hydrogen-bond donors (Lipinski definition) is 2. The SMILES string of the molecule is Cc1cn2c(CCC(=O)NCC(C)(O)c3ccco3)csc2n1. The maximum Gasteiger partial charge on any atom is 0.220 e. The zero-order valence-corrected chi connectivity index (χ0v) is 13.9. The number of fused-ring (bicyclic) bond motifs is 1. The molecule has 0 radical (unpaired) electrons. The number of rotatable bonds is 6. The van der Waals surface area contributed by atoms with Gasteiger partial charge in [-0.25, -0.2) is 4.98 Å². The van der Waals surface area contributed by atoms with Gasteiger partial charge in [0.05, 0.1) is 18.5 Å². The lowest BCUT2D eigenvalue weighted by molar-refractivity contribution is -0.122. The summed E-state index contributed by atoms with van der Waals surface area (Å²) < 4.78 is 7.21. The second-order valence-electron chi connectivity index (χ2n) is 5.79. The van der Waals surface area contributed by atoms with Crippen LogP contribution in [-0.2, 0) is 16.8 Å². The highest BCUT2D eigenvalue weighted by molar-refractivity contribution is 7.15. The quantitative estimate of drug-likeness (QED) is 0.725. The van der Waals surface area contributed by atoms with E-state index in [-0.39, 0.29) is 12.5 Å². The molecule has 0 bridgehead atoms. The van der Waals surface area contributed by atoms with Crippen LogP contribution in [-0.4, -0.2) is 26.9 Å². The maximum atomic E-state index is 12.0. The average molecular weight is 333 g/mol. The lowest BCUT2D eigenvalue weighted by atomic mass is 10.0. The van der Waals surface area contributed by atoms with E-state index in [0.29, 0.717) is 18.6 Å². The molecule has 122 valence electrons. The smallest absolute Gasteiger partial charge is 0.220 e. The third kappa shape index (κ3) is 3.46. The number of aliphatic hydroxyl groups is 1. The van der Waals surface area contributed by atoms with Crippen LogP contribution in [0.15, 0.2) is 34.4 Å². The molecule has 0 saturated heterocycles. The number of amides is 1. The highest BCUT2D eigenvalue weighted by Gasteiger charge is 2.26. The summed E-state index contributed by atoms with van der Waals surface area (Å²) in [5, 5.41) is 15.1. The van der Waals surface area contributed by atoms with Gasteiger partial charge in [-0.05, 0) is 32.4 Å². The number of nitrogens with zero attached hydrogens (tertiary/aromatic N) is 2. The van der Waals surface area contributed by atoms with Crippen molar-refractivity contribution in [2.24, 2.45) is 0 Å². The molecule has 3 rings (SSSR count). The summed E-state index contributed by atoms with van der Waals surface area (Å²) in [5.74, 6) is 0.333. The highest BCUT2D eigenvalue weighted by atomic mass is 32.1. The first-order valence-corrected chi connectivity index (χ1v) is 8.29. The molecule has 0 aliphatic heterocycles. The number of imidazole rings is 1. The van der Waals surface area contributed by atoms with E-state index in [1.165, 1.54) is 6.26 Å². The van der Waals surface area contributed by atoms with Gasteiger partial charge in [0, 0.05) is 23.7 Å². The first kappa shape index (κ1) is 15.8. The zero-order valence-electron chi connectivity index (χ0n) is 13.1. The van der Waals surface area contributed by atoms with Crippen molar-refractivity contribution in [2.45, 2.75) is 32.3 Å². The van der Waals surface area contributed by atoms with Crippen LogP contribution in [0.1, 0.15) is 30.5 Å². The Morgan fingerprint density at radius 1 is 1.57 bits per heavy atom. The van der Waals surface area contributed by atoms with E-state index in [1.807, 2.05) is 22.9 Å². The van der Waals surface area contributed by atoms with E-state index in [1.54, 1.807) is 30.4 Å². The maximum absolute atomic E-state index is 12.0. The molecule has 0 aliphatic carbocycles. The molecule has 6 nitrogen and oxygen atoms in total. The van der Waals surface area contributed by atoms with Crippen LogP contribution < -0.4 is 5.32 Å². The number of hydrogen-bond acceptors (Lipinski definition) is 5. The van der Waals surface area contributed by atoms with Crippen LogP contribution in [0.4, 0.5) is 0 Å². The van der Waals surface area contributed by atoms with Crippen molar-refractivity contribution in [3.05, 3.63) is 47.1 Å². The van der Waals surface area contributed by atoms with Gasteiger partial charge in [-0.15, -0.1) is 11.3 Å². The summed E-state index contributed by atoms with van der Waals surface area (Å²) in [4.78, 5) is 17.4. The number of carbonyl (C=O) groups is 1. The van der Waals surface area contributed by atoms with Crippen LogP contribution >= 0.6 is 11.3 Å². The van der Waals surface area contributed by atoms with Gasteiger partial charge in [0.2, 0.25) is 5.91 Å². The largest absolute Gasteiger partial charge is 0.466 e. The van der Waals surface area contributed by atoms with Gasteiger partial charge < -0.3 is 14.8 Å². The molecule has 0 spiro atoms. The first-order valence-electron chi connectivity index (χ1n) is 7.41. The summed E-state index contributed by atoms with van der Waals surface area (Å²) in [6.07, 6.45) is 4.46. The molecule has 7 heteroatoms. The van der Waals surface area contributed by atoms with E-state index < -0.39 is 5.60 Å². The molecule has 3 aromatic heterocycles. The number of aryl methyl sites for hydroxylation is 2. The fraction of sp³-hybridized carbons (Fsp3) is 0.375. The first-order chi connectivity index (χ1) is 11.0. The topological polar surface area (TPSA) is 79.8 Å². The lowest BCUT2D eigenvalue weighted by Crippen LogP contribution is -2.38. The van der Waals surface area contributed by atoms with Crippen LogP contribution in [0.5, 0.6) is 0 Å². The lowest BCUT2D eigenvalue weighted by Gasteiger charge is -2.21. The minimum absolute atomic E-state index is 0.104. The van der Waals surface area contributed by atoms with Gasteiger partial charge in [0.15, 0.2) is 4.96 Å². The van der Waals surface area contributed by atoms with E-state index in [9.17, 15) is 9.90 Å². The Morgan fingerprint density at radius 2 is 2.39 bits per heavy atom. The van der Waals surface area contributed by atoms with Crippen molar-refractivity contribution in [1.82, 2.24) is 14.7 Å². The van der Waals surface area contributed by atoms with Crippen molar-refractivity contribution in [3.8, 4) is 0 Å². The molecule has 0 aromatic carbocycles. The number of nitrogens with one attached hydrogen (secondary N) is 1. The molecule has 1 unspecified atom stereocenters. The standard InChI is InChI=1S/C16H19N3O3S/c1-11-8-19-12(9-23-15(19)18-11)5-6-14(20)17-10-16(2,21)13-4-3-7-22-13/h3-4,7-9,21H,5-6,10H2,1-2H3,(H,17,20). The van der Waals surface area contributed by atoms with Crippen molar-refractivity contribution in [1.29, 1.82) is 0 Å². The van der Waals surface area contributed by atoms with Gasteiger partial charge in [-0.2, -0.15) is 0 Å². The van der Waals surface area contributed by atoms with Gasteiger partial charge in [0.25, 0.3) is 0 Å². The predicted octanol–water partition coefficient (Wildman–Crippen LogP) is 2.25. The average Bonchev–Trinajstić information content (AvgIpc) is 3.20. The van der Waals surface area contributed by atoms with E-state index in [2.05, 4.69) is 10.3 Å². The minimum atomic E-state index is -1.21. The molecule has 0 aliphatic rings. The molecule has 23 heavy (non-hydrogen) atoms. The fourth-order valence-electron chi connectivity index (χ4n) is 2.39. The van der Waals surface area contributed by atoms with Gasteiger partial charge >= 0.3 is 0 Å². The Balaban J connectivity index is 1.53. The number of aromatic nitrogens is 2. The Kier molecular flexibility index (Phi) is 4.23. The number of carbonyl (C=O) groups excluding carboxylic acids is 1. The second-order valence-corrected chi connectivity index (χ2v) is 6.63. The van der Waals surface area contributed by atoms with Gasteiger partial charge in [-0.3, -0.25) is 9.20 Å². The van der Waals surface area contributed by atoms with E-state index in [0.717, 1.165) is 16.3 Å². The monoisotopic (exact) mass is 333 g/mol. The van der Waals surface area contributed by atoms with Crippen molar-refractivity contribution in [3.63, 3.8) is 0 Å². The zero-order chi connectivity index (χ0) is 16.4. The normalized spacial score (nSPS) is 14.0. The predicted molar refractivity (Wildman–Crippen MR) is 87.4 cm³/mol. The summed E-state index contributed by atoms with van der Waals surface area (Å²) >= 11 is 1.57. The summed E-state index contributed by atoms with van der Waals surface area (Å²) in [6.45, 7) is 3.68. The van der Waals surface area contributed by atoms with Crippen molar-refractivity contribution < 1.29 is 14.3 Å². The minimum Gasteiger partial charge on any atom is -0.466 e. The van der Waals surface area contributed by atoms with Crippen LogP contribution in [0, 0.1) is 6.92 Å². The van der Waals surface area contributed by atoms with Crippen molar-refractivity contribution >= 4 is 22.2 Å². The third-order valence-electron chi connectivity index (χ3n) is 3.69. The molecule has 1 amide bonds. The number of furan rings is 1. The Labute approximate surface area is 137 Å². The van der Waals surface area contributed by atoms with Crippen LogP contribution in [0.2, 0.25) is 0 Å². The molecule has 3 heterocycles. The van der Waals surface area contributed by atoms with Gasteiger partial charge in [-0.1, -0.05) is 0 Å². The van der Waals surface area contributed by atoms with Crippen LogP contribution in [0.25, 0.3) is 4.96 Å². The van der Waals surface area contributed by atoms with Crippen LogP contribution in [0.3, 0.4) is 0 Å². The molecular weight excluding hydrogens is 314 g/mol. The molecule has 0 fully saturated rings. The summed E-state index contributed by atoms with van der Waals surface area (Å²) in [5.41, 5.74) is 0.826. The van der Waals surface area contributed by atoms with E-state index in [4.69, 9.17) is 4.42 Å². The molecule has 1 atom stereocenters. The number of thiazole rings is 1. The Hall–Kier alpha value is -2.12. The van der Waals surface area contributed by atoms with Gasteiger partial charge in [0.1, 0.15) is 11.4 Å². The summed E-state index contributed by atoms with van der Waals surface area (Å²) in [6, 6.07) is 3.40. The Bertz CT molecular complexity index is 802. The summed E-state index contributed by atoms with van der Waals surface area (Å²) in [7, 11) is 0. The van der Waals surface area contributed by atoms with Crippen molar-refractivity contribution in [2.75, 3.05) is 6.54 Å². The molecule has 0 saturated carbocycles. The molecular formula is C16H19N3O3S. The van der Waals surface area contributed by atoms with E-state index >= 15 is 0 Å². The fourth-order valence-corrected chi connectivity index (χ4v) is 3.35. The second kappa shape index (κ2) is 6.17. The third-order valence-corrected chi connectivity index (χ3v) is 4.58. The molecule has 2 N–H and O–H groups in total. The Morgan fingerprint density at radius 3 is 3.13 bits per heavy atom.